The smallest absolute Gasteiger partial charge is 0.160 e. The van der Waals surface area contributed by atoms with Gasteiger partial charge in [-0.1, -0.05) is 72.8 Å². The molecule has 3 aromatic heterocycles. The van der Waals surface area contributed by atoms with E-state index < -0.39 is 0 Å². The Kier molecular flexibility index (Phi) is 4.30. The van der Waals surface area contributed by atoms with Crippen molar-refractivity contribution in [2.24, 2.45) is 0 Å². The largest absolute Gasteiger partial charge is 0.456 e. The van der Waals surface area contributed by atoms with Crippen LogP contribution in [0.2, 0.25) is 0 Å². The summed E-state index contributed by atoms with van der Waals surface area (Å²) >= 11 is 0. The summed E-state index contributed by atoms with van der Waals surface area (Å²) in [6, 6.07) is 41.5. The quantitative estimate of drug-likeness (QED) is 0.231. The third kappa shape index (κ3) is 3.07. The molecule has 6 aromatic carbocycles. The Bertz CT molecular complexity index is 2450. The molecule has 40 heavy (non-hydrogen) atoms. The lowest BCUT2D eigenvalue weighted by atomic mass is 10.00. The van der Waals surface area contributed by atoms with Crippen LogP contribution < -0.4 is 0 Å². The number of nitrogens with zero attached hydrogens (tertiary/aromatic N) is 2. The number of aromatic nitrogens is 2. The first kappa shape index (κ1) is 21.5. The Morgan fingerprint density at radius 3 is 1.95 bits per heavy atom. The fourth-order valence-corrected chi connectivity index (χ4v) is 5.95. The predicted octanol–water partition coefficient (Wildman–Crippen LogP) is 9.92. The van der Waals surface area contributed by atoms with E-state index in [0.29, 0.717) is 5.82 Å². The summed E-state index contributed by atoms with van der Waals surface area (Å²) in [6.07, 6.45) is 0. The fraction of sp³-hybridized carbons (Fsp3) is 0. The highest BCUT2D eigenvalue weighted by molar-refractivity contribution is 6.15. The summed E-state index contributed by atoms with van der Waals surface area (Å²) in [6.45, 7) is 0. The van der Waals surface area contributed by atoms with Gasteiger partial charge >= 0.3 is 0 Å². The summed E-state index contributed by atoms with van der Waals surface area (Å²) in [5, 5.41) is 7.68. The van der Waals surface area contributed by atoms with Crippen molar-refractivity contribution in [2.75, 3.05) is 0 Å². The van der Waals surface area contributed by atoms with Crippen molar-refractivity contribution in [3.05, 3.63) is 121 Å². The third-order valence-electron chi connectivity index (χ3n) is 7.87. The Morgan fingerprint density at radius 2 is 1.07 bits per heavy atom. The number of para-hydroxylation sites is 3. The predicted molar refractivity (Wildman–Crippen MR) is 162 cm³/mol. The van der Waals surface area contributed by atoms with Crippen molar-refractivity contribution in [2.45, 2.75) is 0 Å². The van der Waals surface area contributed by atoms with Crippen molar-refractivity contribution in [1.29, 1.82) is 0 Å². The molecule has 0 unspecified atom stereocenters. The van der Waals surface area contributed by atoms with Crippen LogP contribution in [0, 0.1) is 0 Å². The molecule has 186 valence electrons. The number of hydrogen-bond acceptors (Lipinski definition) is 4. The Morgan fingerprint density at radius 1 is 0.425 bits per heavy atom. The minimum Gasteiger partial charge on any atom is -0.456 e. The minimum absolute atomic E-state index is 0.670. The molecule has 3 heterocycles. The maximum atomic E-state index is 6.28. The Labute approximate surface area is 228 Å². The van der Waals surface area contributed by atoms with Gasteiger partial charge in [-0.15, -0.1) is 0 Å². The molecule has 0 saturated carbocycles. The van der Waals surface area contributed by atoms with Crippen LogP contribution >= 0.6 is 0 Å². The molecule has 0 aliphatic heterocycles. The highest BCUT2D eigenvalue weighted by Crippen LogP contribution is 2.37. The van der Waals surface area contributed by atoms with Crippen LogP contribution in [0.5, 0.6) is 0 Å². The van der Waals surface area contributed by atoms with E-state index in [-0.39, 0.29) is 0 Å². The molecule has 0 spiro atoms. The van der Waals surface area contributed by atoms with Crippen LogP contribution in [0.15, 0.2) is 130 Å². The molecule has 0 N–H and O–H groups in total. The van der Waals surface area contributed by atoms with Crippen molar-refractivity contribution in [3.8, 4) is 22.6 Å². The molecule has 4 heteroatoms. The van der Waals surface area contributed by atoms with E-state index in [9.17, 15) is 0 Å². The van der Waals surface area contributed by atoms with Gasteiger partial charge in [0.05, 0.1) is 11.2 Å². The zero-order valence-electron chi connectivity index (χ0n) is 21.3. The van der Waals surface area contributed by atoms with Gasteiger partial charge in [0.1, 0.15) is 22.3 Å². The molecule has 9 aromatic rings. The molecule has 0 aliphatic carbocycles. The van der Waals surface area contributed by atoms with E-state index in [1.165, 1.54) is 0 Å². The number of fused-ring (bicyclic) bond motifs is 9. The van der Waals surface area contributed by atoms with Crippen molar-refractivity contribution in [1.82, 2.24) is 9.97 Å². The van der Waals surface area contributed by atoms with Crippen molar-refractivity contribution < 1.29 is 8.83 Å². The van der Waals surface area contributed by atoms with Crippen LogP contribution in [0.25, 0.3) is 88.2 Å². The van der Waals surface area contributed by atoms with E-state index >= 15 is 0 Å². The van der Waals surface area contributed by atoms with Gasteiger partial charge in [0, 0.05) is 43.4 Å². The Hall–Kier alpha value is -5.48. The van der Waals surface area contributed by atoms with Gasteiger partial charge < -0.3 is 8.83 Å². The van der Waals surface area contributed by atoms with Gasteiger partial charge in [0.25, 0.3) is 0 Å². The van der Waals surface area contributed by atoms with E-state index in [4.69, 9.17) is 18.8 Å². The first-order valence-corrected chi connectivity index (χ1v) is 13.3. The molecule has 0 fully saturated rings. The summed E-state index contributed by atoms with van der Waals surface area (Å²) in [7, 11) is 0. The highest BCUT2D eigenvalue weighted by atomic mass is 16.3. The normalized spacial score (nSPS) is 12.0. The Balaban J connectivity index is 1.25. The fourth-order valence-electron chi connectivity index (χ4n) is 5.95. The van der Waals surface area contributed by atoms with Gasteiger partial charge in [-0.3, -0.25) is 0 Å². The minimum atomic E-state index is 0.670. The lowest BCUT2D eigenvalue weighted by Crippen LogP contribution is -1.95. The van der Waals surface area contributed by atoms with Crippen LogP contribution in [-0.4, -0.2) is 9.97 Å². The van der Waals surface area contributed by atoms with Crippen LogP contribution in [0.1, 0.15) is 0 Å². The standard InChI is InChI=1S/C36H20N2O2/c1-4-10-30-29(9-1)34(38-36(37-30)23-15-17-27-25-7-2-5-11-31(25)39-33(27)20-23)22-14-16-24-21(19-22)13-18-28-26-8-3-6-12-32(26)40-35(24)28/h1-20H. The van der Waals surface area contributed by atoms with Crippen molar-refractivity contribution >= 4 is 65.6 Å². The molecule has 0 amide bonds. The van der Waals surface area contributed by atoms with Crippen molar-refractivity contribution in [3.63, 3.8) is 0 Å². The van der Waals surface area contributed by atoms with Gasteiger partial charge in [-0.25, -0.2) is 9.97 Å². The van der Waals surface area contributed by atoms with Gasteiger partial charge in [0.2, 0.25) is 0 Å². The topological polar surface area (TPSA) is 52.1 Å². The molecule has 0 radical (unpaired) electrons. The van der Waals surface area contributed by atoms with E-state index in [1.54, 1.807) is 0 Å². The summed E-state index contributed by atoms with van der Waals surface area (Å²) < 4.78 is 12.4. The molecule has 0 atom stereocenters. The lowest BCUT2D eigenvalue weighted by molar-refractivity contribution is 0.669. The number of benzene rings is 6. The maximum Gasteiger partial charge on any atom is 0.160 e. The molecule has 0 bridgehead atoms. The first-order valence-electron chi connectivity index (χ1n) is 13.3. The van der Waals surface area contributed by atoms with E-state index in [2.05, 4.69) is 60.7 Å². The second kappa shape index (κ2) is 8.01. The van der Waals surface area contributed by atoms with Gasteiger partial charge in [-0.2, -0.15) is 0 Å². The molecule has 0 saturated heterocycles. The summed E-state index contributed by atoms with van der Waals surface area (Å²) in [5.74, 6) is 0.670. The first-order chi connectivity index (χ1) is 19.8. The average Bonchev–Trinajstić information content (AvgIpc) is 3.58. The van der Waals surface area contributed by atoms with Crippen LogP contribution in [0.3, 0.4) is 0 Å². The maximum absolute atomic E-state index is 6.28. The highest BCUT2D eigenvalue weighted by Gasteiger charge is 2.15. The SMILES string of the molecule is c1ccc2c(-c3ccc4c(ccc5c6ccccc6oc45)c3)nc(-c3ccc4c(c3)oc3ccccc34)nc2c1. The number of hydrogen-bond donors (Lipinski definition) is 0. The molecule has 0 aliphatic rings. The molecular weight excluding hydrogens is 492 g/mol. The van der Waals surface area contributed by atoms with E-state index in [0.717, 1.165) is 82.4 Å². The number of rotatable bonds is 2. The molecular formula is C36H20N2O2. The number of furan rings is 2. The third-order valence-corrected chi connectivity index (χ3v) is 7.87. The van der Waals surface area contributed by atoms with Gasteiger partial charge in [-0.05, 0) is 53.9 Å². The van der Waals surface area contributed by atoms with Crippen LogP contribution in [0.4, 0.5) is 0 Å². The monoisotopic (exact) mass is 512 g/mol. The molecule has 4 nitrogen and oxygen atoms in total. The van der Waals surface area contributed by atoms with E-state index in [1.807, 2.05) is 60.7 Å². The second-order valence-corrected chi connectivity index (χ2v) is 10.2. The average molecular weight is 513 g/mol. The zero-order chi connectivity index (χ0) is 26.2. The second-order valence-electron chi connectivity index (χ2n) is 10.2. The van der Waals surface area contributed by atoms with Crippen LogP contribution in [-0.2, 0) is 0 Å². The summed E-state index contributed by atoms with van der Waals surface area (Å²) in [5.41, 5.74) is 7.29. The zero-order valence-corrected chi connectivity index (χ0v) is 21.3. The lowest BCUT2D eigenvalue weighted by Gasteiger charge is -2.10. The molecule has 9 rings (SSSR count). The summed E-state index contributed by atoms with van der Waals surface area (Å²) in [4.78, 5) is 10.1. The van der Waals surface area contributed by atoms with Gasteiger partial charge in [0.15, 0.2) is 5.82 Å².